The third kappa shape index (κ3) is 91.1. The summed E-state index contributed by atoms with van der Waals surface area (Å²) in [5, 5.41) is 52.9. The fraction of sp³-hybridized carbons (Fsp3) is 0.725. The van der Waals surface area contributed by atoms with Crippen LogP contribution in [0.5, 0.6) is 0 Å². The van der Waals surface area contributed by atoms with Gasteiger partial charge < -0.3 is 73.6 Å². The number of carboxylic acid groups (broad SMARTS) is 6. The molecule has 26 nitrogen and oxygen atoms in total. The smallest absolute Gasteiger partial charge is 0.313 e. The minimum absolute atomic E-state index is 0. The second-order valence-electron chi connectivity index (χ2n) is 26.4. The molecular formula is C69H126ClN5O21. The lowest BCUT2D eigenvalue weighted by Gasteiger charge is -2.20. The van der Waals surface area contributed by atoms with Crippen LogP contribution in [0.1, 0.15) is 251 Å². The maximum absolute atomic E-state index is 10.8. The van der Waals surface area contributed by atoms with Crippen LogP contribution in [0.2, 0.25) is 0 Å². The van der Waals surface area contributed by atoms with Gasteiger partial charge in [0.1, 0.15) is 6.04 Å². The molecular weight excluding hydrogens is 1270 g/mol. The number of benzene rings is 1. The van der Waals surface area contributed by atoms with Gasteiger partial charge in [0.05, 0.1) is 0 Å². The minimum atomic E-state index is -1.12. The number of amides is 3. The quantitative estimate of drug-likeness (QED) is 0.0231. The predicted octanol–water partition coefficient (Wildman–Crippen LogP) is 9.17. The average molecular weight is 1400 g/mol. The highest BCUT2D eigenvalue weighted by Gasteiger charge is 2.27. The topological polar surface area (TPSA) is 496 Å². The van der Waals surface area contributed by atoms with Crippen LogP contribution in [0, 0.1) is 71.0 Å². The van der Waals surface area contributed by atoms with Gasteiger partial charge in [0.25, 0.3) is 0 Å². The number of quaternary nitrogens is 1. The molecule has 2 rings (SSSR count). The highest BCUT2D eigenvalue weighted by atomic mass is 35.5. The van der Waals surface area contributed by atoms with Crippen molar-refractivity contribution >= 4 is 89.8 Å². The van der Waals surface area contributed by atoms with E-state index in [1.807, 2.05) is 73.6 Å². The van der Waals surface area contributed by atoms with Gasteiger partial charge in [-0.15, -0.1) is 12.4 Å². The van der Waals surface area contributed by atoms with Crippen molar-refractivity contribution in [2.24, 2.45) is 93.9 Å². The SMILES string of the molecule is CC(=O)OC(C)=O.CC(C)CC(CC(=O)O)CC(=O)O.CC(C)CC(CC(N)=O)CC(=O)O.CC(C)CC(CC(N)=O)CC(=O)[O-].CC(C)CC1CC(=O)OC(=O)C1.CC(C)C[C@H](CC(N)=O)CC(=O)O.CC(C)C[C@H](CN)CC(=O)O.CCCC.C[C@@H]([NH3+])c1ccccc1.Cl. The lowest BCUT2D eigenvalue weighted by molar-refractivity contribution is -0.420. The monoisotopic (exact) mass is 1400 g/mol. The first-order valence-corrected chi connectivity index (χ1v) is 32.8. The van der Waals surface area contributed by atoms with Crippen LogP contribution in [-0.2, 0) is 71.8 Å². The summed E-state index contributed by atoms with van der Waals surface area (Å²) in [6.07, 6.45) is 8.64. The number of aliphatic carboxylic acids is 6. The first-order chi connectivity index (χ1) is 43.6. The zero-order chi connectivity index (χ0) is 75.7. The van der Waals surface area contributed by atoms with Gasteiger partial charge in [-0.05, 0) is 129 Å². The van der Waals surface area contributed by atoms with E-state index in [4.69, 9.17) is 48.5 Å². The van der Waals surface area contributed by atoms with Crippen LogP contribution in [0.4, 0.5) is 0 Å². The van der Waals surface area contributed by atoms with Crippen LogP contribution in [0.15, 0.2) is 30.3 Å². The molecule has 5 atom stereocenters. The number of ether oxygens (including phenoxy) is 2. The molecule has 1 aromatic carbocycles. The molecule has 0 aromatic heterocycles. The molecule has 0 saturated carbocycles. The molecule has 3 amide bonds. The van der Waals surface area contributed by atoms with Crippen molar-refractivity contribution in [3.8, 4) is 0 Å². The Morgan fingerprint density at radius 2 is 0.740 bits per heavy atom. The Morgan fingerprint density at radius 3 is 0.927 bits per heavy atom. The normalized spacial score (nSPS) is 12.8. The number of carbonyl (C=O) groups is 13. The van der Waals surface area contributed by atoms with E-state index in [1.165, 1.54) is 32.3 Å². The maximum atomic E-state index is 10.8. The Balaban J connectivity index is -0.000000153. The Bertz CT molecular complexity index is 2050. The van der Waals surface area contributed by atoms with Crippen molar-refractivity contribution in [1.29, 1.82) is 0 Å². The number of unbranched alkanes of at least 4 members (excludes halogenated alkanes) is 1. The molecule has 0 spiro atoms. The van der Waals surface area contributed by atoms with E-state index in [9.17, 15) is 67.4 Å². The standard InChI is InChI=1S/3C9H17NO3.C9H16O4.C9H14O3.C8H17NO2.C8H11N.C4H6O3.C4H10.ClH/c4*1-6(2)3-7(4-8(10)11)5-9(12)13;1-6(2)3-7-4-8(10)12-9(11)5-7;1-6(2)3-7(5-9)4-8(10)11;1-7(9)8-5-3-2-4-6-8;1-3(5)7-4(2)6;1-3-4-2;/h3*6-7H,3-5H2,1-2H3,(H2,10,11)(H,12,13);6-7H,3-5H2,1-2H3,(H,10,11)(H,12,13);6-7H,3-5H2,1-2H3;6-7H,3-5,9H2,1-2H3,(H,10,11);2-7H,9H2,1H3;1-2H3;3-4H2,1-2H3;1H/t7-;;;;;2*7-;;;/m1....01.../s1. The Labute approximate surface area is 577 Å². The number of hydrogen-bond donors (Lipinski definition) is 10. The number of rotatable bonds is 33. The van der Waals surface area contributed by atoms with E-state index >= 15 is 0 Å². The summed E-state index contributed by atoms with van der Waals surface area (Å²) in [7, 11) is 0. The fourth-order valence-corrected chi connectivity index (χ4v) is 9.45. The van der Waals surface area contributed by atoms with Crippen molar-refractivity contribution in [3.05, 3.63) is 35.9 Å². The molecule has 1 fully saturated rings. The molecule has 0 aliphatic carbocycles. The van der Waals surface area contributed by atoms with E-state index in [2.05, 4.69) is 75.8 Å². The van der Waals surface area contributed by atoms with E-state index in [0.29, 0.717) is 73.8 Å². The largest absolute Gasteiger partial charge is 0.550 e. The molecule has 1 saturated heterocycles. The minimum Gasteiger partial charge on any atom is -0.550 e. The zero-order valence-electron chi connectivity index (χ0n) is 60.7. The van der Waals surface area contributed by atoms with Crippen LogP contribution in [0.3, 0.4) is 0 Å². The van der Waals surface area contributed by atoms with Crippen LogP contribution in [0.25, 0.3) is 0 Å². The van der Waals surface area contributed by atoms with Crippen molar-refractivity contribution in [2.45, 2.75) is 246 Å². The zero-order valence-corrected chi connectivity index (χ0v) is 61.5. The molecule has 0 bridgehead atoms. The third-order valence-corrected chi connectivity index (χ3v) is 12.7. The molecule has 0 radical (unpaired) electrons. The summed E-state index contributed by atoms with van der Waals surface area (Å²) in [6, 6.07) is 10.7. The van der Waals surface area contributed by atoms with E-state index in [0.717, 1.165) is 25.7 Å². The Hall–Kier alpha value is -7.06. The highest BCUT2D eigenvalue weighted by molar-refractivity contribution is 5.88. The molecule has 27 heteroatoms. The van der Waals surface area contributed by atoms with E-state index in [-0.39, 0.29) is 118 Å². The van der Waals surface area contributed by atoms with Crippen molar-refractivity contribution in [2.75, 3.05) is 6.54 Å². The van der Waals surface area contributed by atoms with Crippen LogP contribution < -0.4 is 33.8 Å². The van der Waals surface area contributed by atoms with Crippen LogP contribution in [-0.4, -0.2) is 109 Å². The Morgan fingerprint density at radius 1 is 0.479 bits per heavy atom. The lowest BCUT2D eigenvalue weighted by atomic mass is 9.90. The summed E-state index contributed by atoms with van der Waals surface area (Å²) >= 11 is 0. The molecule has 96 heavy (non-hydrogen) atoms. The summed E-state index contributed by atoms with van der Waals surface area (Å²) in [4.78, 5) is 135. The number of esters is 4. The number of nitrogens with two attached hydrogens (primary N) is 4. The predicted molar refractivity (Wildman–Crippen MR) is 367 cm³/mol. The summed E-state index contributed by atoms with van der Waals surface area (Å²) in [5.74, 6) is -6.35. The molecule has 2 unspecified atom stereocenters. The molecule has 1 aliphatic heterocycles. The Kier molecular flexibility index (Phi) is 71.3. The molecule has 1 aromatic rings. The maximum Gasteiger partial charge on any atom is 0.313 e. The van der Waals surface area contributed by atoms with Crippen molar-refractivity contribution in [1.82, 2.24) is 0 Å². The average Bonchev–Trinajstić information content (AvgIpc) is 1.04. The number of hydrogen-bond acceptors (Lipinski definition) is 17. The van der Waals surface area contributed by atoms with Gasteiger partial charge >= 0.3 is 53.7 Å². The summed E-state index contributed by atoms with van der Waals surface area (Å²) in [6.45, 7) is 33.5. The lowest BCUT2D eigenvalue weighted by Crippen LogP contribution is -2.51. The first-order valence-electron chi connectivity index (χ1n) is 32.8. The molecule has 1 heterocycles. The van der Waals surface area contributed by atoms with Gasteiger partial charge in [0.15, 0.2) is 0 Å². The molecule has 16 N–H and O–H groups in total. The fourth-order valence-electron chi connectivity index (χ4n) is 9.45. The second kappa shape index (κ2) is 65.2. The highest BCUT2D eigenvalue weighted by Crippen LogP contribution is 2.25. The number of carbonyl (C=O) groups excluding carboxylic acids is 8. The second-order valence-corrected chi connectivity index (χ2v) is 26.4. The van der Waals surface area contributed by atoms with Gasteiger partial charge in [0, 0.05) is 89.6 Å². The van der Waals surface area contributed by atoms with Crippen molar-refractivity contribution in [3.63, 3.8) is 0 Å². The van der Waals surface area contributed by atoms with E-state index < -0.39 is 65.5 Å². The van der Waals surface area contributed by atoms with Gasteiger partial charge in [-0.1, -0.05) is 140 Å². The molecule has 1 aliphatic rings. The number of carboxylic acids is 6. The summed E-state index contributed by atoms with van der Waals surface area (Å²) < 4.78 is 8.39. The summed E-state index contributed by atoms with van der Waals surface area (Å²) in [5.41, 5.74) is 25.6. The van der Waals surface area contributed by atoms with Crippen LogP contribution >= 0.6 is 12.4 Å². The molecule has 560 valence electrons. The first kappa shape index (κ1) is 105. The number of cyclic esters (lactones) is 2. The van der Waals surface area contributed by atoms with Gasteiger partial charge in [-0.25, -0.2) is 0 Å². The van der Waals surface area contributed by atoms with Gasteiger partial charge in [0.2, 0.25) is 17.7 Å². The number of primary amides is 3. The third-order valence-electron chi connectivity index (χ3n) is 12.7. The van der Waals surface area contributed by atoms with Gasteiger partial charge in [-0.3, -0.25) is 57.5 Å². The van der Waals surface area contributed by atoms with Gasteiger partial charge in [-0.2, -0.15) is 0 Å². The van der Waals surface area contributed by atoms with Crippen molar-refractivity contribution < 1.29 is 108 Å². The number of halogens is 1. The van der Waals surface area contributed by atoms with E-state index in [1.54, 1.807) is 0 Å².